The third kappa shape index (κ3) is 3.95. The highest BCUT2D eigenvalue weighted by molar-refractivity contribution is 5.85. The molecule has 1 aliphatic heterocycles. The first-order valence-corrected chi connectivity index (χ1v) is 11.0. The van der Waals surface area contributed by atoms with Crippen molar-refractivity contribution in [3.63, 3.8) is 0 Å². The van der Waals surface area contributed by atoms with Gasteiger partial charge in [-0.25, -0.2) is 23.8 Å². The molecule has 0 amide bonds. The predicted octanol–water partition coefficient (Wildman–Crippen LogP) is 2.62. The molecule has 9 nitrogen and oxygen atoms in total. The molecule has 0 bridgehead atoms. The summed E-state index contributed by atoms with van der Waals surface area (Å²) in [5.74, 6) is 0.473. The number of hydrogen-bond acceptors (Lipinski definition) is 7. The number of anilines is 1. The van der Waals surface area contributed by atoms with Crippen molar-refractivity contribution in [1.29, 1.82) is 0 Å². The summed E-state index contributed by atoms with van der Waals surface area (Å²) in [6.45, 7) is 5.72. The number of aromatic nitrogens is 5. The highest BCUT2D eigenvalue weighted by Gasteiger charge is 2.28. The molecular formula is C24H26N6O3. The van der Waals surface area contributed by atoms with Crippen molar-refractivity contribution in [1.82, 2.24) is 24.1 Å². The van der Waals surface area contributed by atoms with E-state index in [0.29, 0.717) is 24.6 Å². The molecule has 0 spiro atoms. The molecule has 170 valence electrons. The van der Waals surface area contributed by atoms with Crippen LogP contribution in [-0.4, -0.2) is 56.6 Å². The van der Waals surface area contributed by atoms with E-state index in [2.05, 4.69) is 23.7 Å². The van der Waals surface area contributed by atoms with Crippen LogP contribution in [0.2, 0.25) is 0 Å². The third-order valence-corrected chi connectivity index (χ3v) is 5.76. The molecule has 0 saturated carbocycles. The van der Waals surface area contributed by atoms with Crippen LogP contribution in [0.15, 0.2) is 59.8 Å². The summed E-state index contributed by atoms with van der Waals surface area (Å²) < 4.78 is 14.2. The average Bonchev–Trinajstić information content (AvgIpc) is 3.14. The van der Waals surface area contributed by atoms with Crippen LogP contribution in [-0.2, 0) is 11.3 Å². The van der Waals surface area contributed by atoms with Crippen LogP contribution in [0, 0.1) is 0 Å². The summed E-state index contributed by atoms with van der Waals surface area (Å²) in [6, 6.07) is 13.7. The molecule has 4 aromatic rings. The van der Waals surface area contributed by atoms with Crippen LogP contribution >= 0.6 is 0 Å². The number of rotatable bonds is 5. The third-order valence-electron chi connectivity index (χ3n) is 5.76. The molecule has 33 heavy (non-hydrogen) atoms. The maximum Gasteiger partial charge on any atom is 0.351 e. The molecule has 0 radical (unpaired) electrons. The molecule has 0 aliphatic carbocycles. The largest absolute Gasteiger partial charge is 0.481 e. The lowest BCUT2D eigenvalue weighted by Crippen LogP contribution is -2.46. The maximum absolute atomic E-state index is 13.3. The van der Waals surface area contributed by atoms with E-state index in [9.17, 15) is 4.79 Å². The van der Waals surface area contributed by atoms with Crippen molar-refractivity contribution in [3.05, 3.63) is 71.0 Å². The van der Waals surface area contributed by atoms with Gasteiger partial charge in [-0.2, -0.15) is 0 Å². The topological polar surface area (TPSA) is 86.8 Å². The Hall–Kier alpha value is -3.72. The summed E-state index contributed by atoms with van der Waals surface area (Å²) >= 11 is 0. The van der Waals surface area contributed by atoms with Crippen LogP contribution in [0.5, 0.6) is 5.88 Å². The quantitative estimate of drug-likeness (QED) is 0.466. The van der Waals surface area contributed by atoms with Gasteiger partial charge in [0.15, 0.2) is 5.65 Å². The summed E-state index contributed by atoms with van der Waals surface area (Å²) in [6.07, 6.45) is 3.31. The normalized spacial score (nSPS) is 18.6. The Balaban J connectivity index is 1.68. The van der Waals surface area contributed by atoms with Crippen LogP contribution in [0.1, 0.15) is 19.4 Å². The first-order valence-electron chi connectivity index (χ1n) is 11.0. The highest BCUT2D eigenvalue weighted by Crippen LogP contribution is 2.33. The number of hydrogen-bond donors (Lipinski definition) is 0. The van der Waals surface area contributed by atoms with E-state index in [-0.39, 0.29) is 24.4 Å². The summed E-state index contributed by atoms with van der Waals surface area (Å²) in [4.78, 5) is 24.4. The number of ether oxygens (including phenoxy) is 2. The van der Waals surface area contributed by atoms with Crippen molar-refractivity contribution in [3.8, 4) is 17.1 Å². The van der Waals surface area contributed by atoms with E-state index >= 15 is 0 Å². The van der Waals surface area contributed by atoms with Gasteiger partial charge in [-0.05, 0) is 19.9 Å². The van der Waals surface area contributed by atoms with Crippen LogP contribution in [0.25, 0.3) is 16.9 Å². The molecule has 3 aromatic heterocycles. The second kappa shape index (κ2) is 8.67. The van der Waals surface area contributed by atoms with Gasteiger partial charge in [0.25, 0.3) is 0 Å². The molecule has 9 heteroatoms. The molecular weight excluding hydrogens is 420 g/mol. The molecule has 2 atom stereocenters. The van der Waals surface area contributed by atoms with Gasteiger partial charge in [0.1, 0.15) is 12.0 Å². The van der Waals surface area contributed by atoms with Gasteiger partial charge in [0, 0.05) is 30.4 Å². The fourth-order valence-corrected chi connectivity index (χ4v) is 4.42. The molecule has 0 N–H and O–H groups in total. The Kier molecular flexibility index (Phi) is 5.55. The fourth-order valence-electron chi connectivity index (χ4n) is 4.42. The Morgan fingerprint density at radius 1 is 1.06 bits per heavy atom. The zero-order valence-electron chi connectivity index (χ0n) is 18.9. The minimum atomic E-state index is -0.265. The van der Waals surface area contributed by atoms with Crippen molar-refractivity contribution >= 4 is 11.3 Å². The van der Waals surface area contributed by atoms with Crippen LogP contribution in [0.3, 0.4) is 0 Å². The molecule has 1 saturated heterocycles. The number of methoxy groups -OCH3 is 1. The lowest BCUT2D eigenvalue weighted by molar-refractivity contribution is -0.00514. The lowest BCUT2D eigenvalue weighted by Gasteiger charge is -2.37. The Morgan fingerprint density at radius 3 is 2.55 bits per heavy atom. The lowest BCUT2D eigenvalue weighted by atomic mass is 10.1. The van der Waals surface area contributed by atoms with Gasteiger partial charge in [-0.15, -0.1) is 5.10 Å². The SMILES string of the molecule is COc1ncccc1Cn1nc2c(N3C[C@@H](C)O[C@@H](C)C3)c(-c3ccccc3)ncn2c1=O. The molecule has 1 fully saturated rings. The molecule has 1 aliphatic rings. The minimum absolute atomic E-state index is 0.0473. The van der Waals surface area contributed by atoms with Crippen molar-refractivity contribution in [2.45, 2.75) is 32.6 Å². The van der Waals surface area contributed by atoms with Crippen LogP contribution < -0.4 is 15.3 Å². The van der Waals surface area contributed by atoms with E-state index in [0.717, 1.165) is 22.5 Å². The first kappa shape index (κ1) is 21.1. The molecule has 1 aromatic carbocycles. The van der Waals surface area contributed by atoms with Gasteiger partial charge in [0.2, 0.25) is 5.88 Å². The average molecular weight is 447 g/mol. The monoisotopic (exact) mass is 446 g/mol. The molecule has 0 unspecified atom stereocenters. The Morgan fingerprint density at radius 2 is 1.82 bits per heavy atom. The van der Waals surface area contributed by atoms with Crippen molar-refractivity contribution in [2.24, 2.45) is 0 Å². The molecule has 5 rings (SSSR count). The maximum atomic E-state index is 13.3. The van der Waals surface area contributed by atoms with Gasteiger partial charge in [-0.1, -0.05) is 36.4 Å². The van der Waals surface area contributed by atoms with E-state index in [1.165, 1.54) is 9.08 Å². The number of nitrogens with zero attached hydrogens (tertiary/aromatic N) is 6. The highest BCUT2D eigenvalue weighted by atomic mass is 16.5. The fraction of sp³-hybridized carbons (Fsp3) is 0.333. The number of benzene rings is 1. The van der Waals surface area contributed by atoms with E-state index in [4.69, 9.17) is 19.6 Å². The standard InChI is InChI=1S/C24H26N6O3/c1-16-12-28(13-17(2)33-16)21-20(18-8-5-4-6-9-18)26-15-29-22(21)27-30(24(29)31)14-19-10-7-11-25-23(19)32-3/h4-11,15-17H,12-14H2,1-3H3/t16-,17+. The number of morpholine rings is 1. The van der Waals surface area contributed by atoms with Crippen molar-refractivity contribution in [2.75, 3.05) is 25.1 Å². The number of fused-ring (bicyclic) bond motifs is 1. The minimum Gasteiger partial charge on any atom is -0.481 e. The van der Waals surface area contributed by atoms with Crippen molar-refractivity contribution < 1.29 is 9.47 Å². The van der Waals surface area contributed by atoms with Gasteiger partial charge in [-0.3, -0.25) is 0 Å². The second-order valence-electron chi connectivity index (χ2n) is 8.28. The van der Waals surface area contributed by atoms with E-state index < -0.39 is 0 Å². The Bertz CT molecular complexity index is 1320. The van der Waals surface area contributed by atoms with Crippen LogP contribution in [0.4, 0.5) is 5.69 Å². The zero-order valence-corrected chi connectivity index (χ0v) is 18.9. The van der Waals surface area contributed by atoms with Gasteiger partial charge < -0.3 is 14.4 Å². The predicted molar refractivity (Wildman–Crippen MR) is 125 cm³/mol. The van der Waals surface area contributed by atoms with Gasteiger partial charge >= 0.3 is 5.69 Å². The summed E-state index contributed by atoms with van der Waals surface area (Å²) in [5, 5.41) is 4.76. The molecule has 4 heterocycles. The smallest absolute Gasteiger partial charge is 0.351 e. The summed E-state index contributed by atoms with van der Waals surface area (Å²) in [5.41, 5.74) is 3.67. The number of pyridine rings is 1. The van der Waals surface area contributed by atoms with E-state index in [1.54, 1.807) is 19.6 Å². The zero-order chi connectivity index (χ0) is 22.9. The summed E-state index contributed by atoms with van der Waals surface area (Å²) in [7, 11) is 1.56. The van der Waals surface area contributed by atoms with E-state index in [1.807, 2.05) is 42.5 Å². The first-order chi connectivity index (χ1) is 16.0. The Labute approximate surface area is 191 Å². The van der Waals surface area contributed by atoms with Gasteiger partial charge in [0.05, 0.1) is 31.6 Å². The second-order valence-corrected chi connectivity index (χ2v) is 8.28.